The van der Waals surface area contributed by atoms with Gasteiger partial charge in [0, 0.05) is 25.7 Å². The number of thiophene rings is 1. The molecule has 1 saturated heterocycles. The Morgan fingerprint density at radius 1 is 1.32 bits per heavy atom. The van der Waals surface area contributed by atoms with E-state index < -0.39 is 0 Å². The highest BCUT2D eigenvalue weighted by Crippen LogP contribution is 2.25. The number of likely N-dealkylation sites (N-methyl/N-ethyl adjacent to an activating group) is 1. The number of halogens is 1. The van der Waals surface area contributed by atoms with Crippen LogP contribution < -0.4 is 15.5 Å². The first-order chi connectivity index (χ1) is 13.2. The van der Waals surface area contributed by atoms with Gasteiger partial charge in [-0.1, -0.05) is 0 Å². The number of nitrogens with one attached hydrogen (secondary N) is 2. The van der Waals surface area contributed by atoms with Crippen LogP contribution in [0.3, 0.4) is 0 Å². The number of furan rings is 1. The highest BCUT2D eigenvalue weighted by Gasteiger charge is 2.21. The summed E-state index contributed by atoms with van der Waals surface area (Å²) in [5.41, 5.74) is 0. The topological polar surface area (TPSA) is 56.0 Å². The summed E-state index contributed by atoms with van der Waals surface area (Å²) in [4.78, 5) is 9.46. The van der Waals surface area contributed by atoms with Gasteiger partial charge in [0.15, 0.2) is 5.96 Å². The summed E-state index contributed by atoms with van der Waals surface area (Å²) in [6, 6.07) is 8.87. The van der Waals surface area contributed by atoms with Crippen LogP contribution in [0.4, 0.5) is 5.00 Å². The van der Waals surface area contributed by atoms with Crippen molar-refractivity contribution in [3.8, 4) is 0 Å². The third kappa shape index (κ3) is 6.38. The predicted molar refractivity (Wildman–Crippen MR) is 129 cm³/mol. The SMILES string of the molecule is CCNC(=NCC(c1ccco1)N(C)C)NC1CCN(c2cccs2)CC1.I. The monoisotopic (exact) mass is 517 g/mol. The molecule has 156 valence electrons. The van der Waals surface area contributed by atoms with E-state index in [0.717, 1.165) is 44.2 Å². The molecule has 8 heteroatoms. The van der Waals surface area contributed by atoms with Gasteiger partial charge in [0.25, 0.3) is 0 Å². The minimum Gasteiger partial charge on any atom is -0.468 e. The van der Waals surface area contributed by atoms with Crippen LogP contribution >= 0.6 is 35.3 Å². The average Bonchev–Trinajstić information content (AvgIpc) is 3.36. The molecule has 1 fully saturated rings. The quantitative estimate of drug-likeness (QED) is 0.333. The fraction of sp³-hybridized carbons (Fsp3) is 0.550. The molecule has 1 aliphatic rings. The highest BCUT2D eigenvalue weighted by atomic mass is 127. The molecule has 0 amide bonds. The highest BCUT2D eigenvalue weighted by molar-refractivity contribution is 14.0. The summed E-state index contributed by atoms with van der Waals surface area (Å²) in [5.74, 6) is 1.84. The zero-order chi connectivity index (χ0) is 19.1. The van der Waals surface area contributed by atoms with Gasteiger partial charge in [-0.05, 0) is 63.5 Å². The van der Waals surface area contributed by atoms with E-state index in [1.165, 1.54) is 5.00 Å². The number of hydrogen-bond acceptors (Lipinski definition) is 5. The van der Waals surface area contributed by atoms with E-state index in [1.54, 1.807) is 6.26 Å². The van der Waals surface area contributed by atoms with Crippen LogP contribution in [0.2, 0.25) is 0 Å². The molecular formula is C20H32IN5OS. The number of aliphatic imine (C=N–C) groups is 1. The lowest BCUT2D eigenvalue weighted by Crippen LogP contribution is -2.48. The van der Waals surface area contributed by atoms with Crippen molar-refractivity contribution in [1.29, 1.82) is 0 Å². The van der Waals surface area contributed by atoms with Crippen LogP contribution in [-0.4, -0.2) is 57.2 Å². The van der Waals surface area contributed by atoms with Gasteiger partial charge in [-0.25, -0.2) is 0 Å². The lowest BCUT2D eigenvalue weighted by molar-refractivity contribution is 0.264. The lowest BCUT2D eigenvalue weighted by atomic mass is 10.1. The third-order valence-electron chi connectivity index (χ3n) is 4.92. The molecule has 3 rings (SSSR count). The number of hydrogen-bond donors (Lipinski definition) is 2. The van der Waals surface area contributed by atoms with Gasteiger partial charge in [-0.3, -0.25) is 9.89 Å². The summed E-state index contributed by atoms with van der Waals surface area (Å²) in [6.07, 6.45) is 3.97. The maximum absolute atomic E-state index is 5.59. The molecule has 0 saturated carbocycles. The maximum Gasteiger partial charge on any atom is 0.191 e. The van der Waals surface area contributed by atoms with Crippen LogP contribution in [0.1, 0.15) is 31.6 Å². The molecule has 0 bridgehead atoms. The second-order valence-electron chi connectivity index (χ2n) is 7.07. The number of guanidine groups is 1. The molecule has 0 spiro atoms. The molecule has 0 aromatic carbocycles. The van der Waals surface area contributed by atoms with Crippen molar-refractivity contribution >= 4 is 46.3 Å². The minimum atomic E-state index is 0. The van der Waals surface area contributed by atoms with E-state index in [4.69, 9.17) is 9.41 Å². The number of rotatable bonds is 7. The molecule has 3 heterocycles. The van der Waals surface area contributed by atoms with Gasteiger partial charge < -0.3 is 20.0 Å². The molecule has 2 aromatic rings. The number of piperidine rings is 1. The second-order valence-corrected chi connectivity index (χ2v) is 8.00. The summed E-state index contributed by atoms with van der Waals surface area (Å²) in [6.45, 7) is 5.79. The molecule has 2 N–H and O–H groups in total. The molecule has 2 aromatic heterocycles. The van der Waals surface area contributed by atoms with Crippen LogP contribution in [-0.2, 0) is 0 Å². The summed E-state index contributed by atoms with van der Waals surface area (Å²) < 4.78 is 5.59. The predicted octanol–water partition coefficient (Wildman–Crippen LogP) is 3.79. The van der Waals surface area contributed by atoms with Gasteiger partial charge in [0.2, 0.25) is 0 Å². The Bertz CT molecular complexity index is 682. The summed E-state index contributed by atoms with van der Waals surface area (Å²) in [7, 11) is 4.12. The van der Waals surface area contributed by atoms with Crippen molar-refractivity contribution in [2.75, 3.05) is 45.2 Å². The lowest BCUT2D eigenvalue weighted by Gasteiger charge is -2.33. The van der Waals surface area contributed by atoms with Gasteiger partial charge in [0.1, 0.15) is 5.76 Å². The van der Waals surface area contributed by atoms with E-state index >= 15 is 0 Å². The molecule has 1 aliphatic heterocycles. The standard InChI is InChI=1S/C20H31N5OS.HI/c1-4-21-20(22-15-17(24(2)3)18-7-5-13-26-18)23-16-9-11-25(12-10-16)19-8-6-14-27-19;/h5-8,13-14,16-17H,4,9-12,15H2,1-3H3,(H2,21,22,23);1H. The smallest absolute Gasteiger partial charge is 0.191 e. The maximum atomic E-state index is 5.59. The Hall–Kier alpha value is -1.26. The third-order valence-corrected chi connectivity index (χ3v) is 5.84. The van der Waals surface area contributed by atoms with E-state index in [-0.39, 0.29) is 30.0 Å². The van der Waals surface area contributed by atoms with Crippen molar-refractivity contribution in [1.82, 2.24) is 15.5 Å². The van der Waals surface area contributed by atoms with Crippen molar-refractivity contribution in [2.24, 2.45) is 4.99 Å². The van der Waals surface area contributed by atoms with Crippen molar-refractivity contribution in [3.05, 3.63) is 41.7 Å². The van der Waals surface area contributed by atoms with Crippen LogP contribution in [0.15, 0.2) is 45.3 Å². The van der Waals surface area contributed by atoms with Gasteiger partial charge >= 0.3 is 0 Å². The fourth-order valence-corrected chi connectivity index (χ4v) is 4.16. The first-order valence-electron chi connectivity index (χ1n) is 9.70. The Labute approximate surface area is 189 Å². The van der Waals surface area contributed by atoms with E-state index in [9.17, 15) is 0 Å². The minimum absolute atomic E-state index is 0. The molecule has 1 unspecified atom stereocenters. The number of anilines is 1. The van der Waals surface area contributed by atoms with Crippen molar-refractivity contribution < 1.29 is 4.42 Å². The zero-order valence-electron chi connectivity index (χ0n) is 16.9. The van der Waals surface area contributed by atoms with Gasteiger partial charge in [0.05, 0.1) is 23.9 Å². The molecule has 0 aliphatic carbocycles. The van der Waals surface area contributed by atoms with E-state index in [0.29, 0.717) is 12.6 Å². The van der Waals surface area contributed by atoms with E-state index in [2.05, 4.69) is 59.0 Å². The van der Waals surface area contributed by atoms with Crippen LogP contribution in [0.5, 0.6) is 0 Å². The Morgan fingerprint density at radius 2 is 2.11 bits per heavy atom. The van der Waals surface area contributed by atoms with E-state index in [1.807, 2.05) is 23.5 Å². The van der Waals surface area contributed by atoms with Gasteiger partial charge in [-0.2, -0.15) is 0 Å². The molecule has 0 radical (unpaired) electrons. The summed E-state index contributed by atoms with van der Waals surface area (Å²) in [5, 5.41) is 10.5. The molecule has 6 nitrogen and oxygen atoms in total. The molecule has 28 heavy (non-hydrogen) atoms. The van der Waals surface area contributed by atoms with Crippen LogP contribution in [0, 0.1) is 0 Å². The Balaban J connectivity index is 0.00000280. The average molecular weight is 517 g/mol. The molecule has 1 atom stereocenters. The fourth-order valence-electron chi connectivity index (χ4n) is 3.37. The van der Waals surface area contributed by atoms with Crippen molar-refractivity contribution in [2.45, 2.75) is 31.8 Å². The largest absolute Gasteiger partial charge is 0.468 e. The van der Waals surface area contributed by atoms with Crippen molar-refractivity contribution in [3.63, 3.8) is 0 Å². The first-order valence-corrected chi connectivity index (χ1v) is 10.6. The normalized spacial score (nSPS) is 16.7. The molecular weight excluding hydrogens is 485 g/mol. The van der Waals surface area contributed by atoms with Gasteiger partial charge in [-0.15, -0.1) is 35.3 Å². The Morgan fingerprint density at radius 3 is 2.68 bits per heavy atom. The Kier molecular flexibility index (Phi) is 9.60. The summed E-state index contributed by atoms with van der Waals surface area (Å²) >= 11 is 1.82. The second kappa shape index (κ2) is 11.7. The van der Waals surface area contributed by atoms with Crippen LogP contribution in [0.25, 0.3) is 0 Å². The zero-order valence-corrected chi connectivity index (χ0v) is 20.1. The first kappa shape index (κ1) is 23.0. The number of nitrogens with zero attached hydrogens (tertiary/aromatic N) is 3.